The van der Waals surface area contributed by atoms with Crippen LogP contribution in [0.5, 0.6) is 11.5 Å². The average molecular weight is 495 g/mol. The van der Waals surface area contributed by atoms with Crippen molar-refractivity contribution in [1.29, 1.82) is 0 Å². The van der Waals surface area contributed by atoms with Crippen LogP contribution in [0.1, 0.15) is 60.5 Å². The first-order valence-electron chi connectivity index (χ1n) is 11.4. The van der Waals surface area contributed by atoms with Crippen molar-refractivity contribution in [2.24, 2.45) is 0 Å². The van der Waals surface area contributed by atoms with Crippen LogP contribution in [0, 0.1) is 0 Å². The number of nitrogens with zero attached hydrogens (tertiary/aromatic N) is 2. The van der Waals surface area contributed by atoms with Gasteiger partial charge in [-0.15, -0.1) is 0 Å². The van der Waals surface area contributed by atoms with Crippen molar-refractivity contribution in [3.8, 4) is 11.5 Å². The third-order valence-corrected chi connectivity index (χ3v) is 10.9. The van der Waals surface area contributed by atoms with Gasteiger partial charge in [-0.1, -0.05) is 44.5 Å². The number of ether oxygens (including phenoxy) is 2. The second-order valence-electron chi connectivity index (χ2n) is 11.0. The number of aromatic nitrogens is 2. The van der Waals surface area contributed by atoms with Crippen molar-refractivity contribution in [3.05, 3.63) is 51.4 Å². The van der Waals surface area contributed by atoms with Gasteiger partial charge in [-0.05, 0) is 63.5 Å². The zero-order chi connectivity index (χ0) is 25.0. The minimum Gasteiger partial charge on any atom is -0.491 e. The highest BCUT2D eigenvalue weighted by molar-refractivity contribution is 6.74. The highest BCUT2D eigenvalue weighted by Gasteiger charge is 2.37. The molecule has 6 nitrogen and oxygen atoms in total. The predicted molar refractivity (Wildman–Crippen MR) is 137 cm³/mol. The Balaban J connectivity index is 1.88. The predicted octanol–water partition coefficient (Wildman–Crippen LogP) is 6.41. The molecular formula is C25H39ClN2O4Si. The van der Waals surface area contributed by atoms with Crippen molar-refractivity contribution in [1.82, 2.24) is 9.78 Å². The Hall–Kier alpha value is -1.83. The quantitative estimate of drug-likeness (QED) is 0.377. The van der Waals surface area contributed by atoms with E-state index in [1.165, 1.54) is 10.9 Å². The lowest BCUT2D eigenvalue weighted by Crippen LogP contribution is -2.41. The van der Waals surface area contributed by atoms with Gasteiger partial charge in [0.25, 0.3) is 5.56 Å². The summed E-state index contributed by atoms with van der Waals surface area (Å²) in [6.07, 6.45) is 2.37. The Kier molecular flexibility index (Phi) is 8.82. The topological polar surface area (TPSA) is 62.6 Å². The van der Waals surface area contributed by atoms with Crippen molar-refractivity contribution < 1.29 is 13.9 Å². The fourth-order valence-corrected chi connectivity index (χ4v) is 4.05. The maximum absolute atomic E-state index is 12.4. The molecule has 0 aliphatic rings. The van der Waals surface area contributed by atoms with Crippen LogP contribution in [0.15, 0.2) is 35.3 Å². The van der Waals surface area contributed by atoms with Crippen LogP contribution in [0.4, 0.5) is 0 Å². The van der Waals surface area contributed by atoms with Crippen LogP contribution in [0.25, 0.3) is 0 Å². The van der Waals surface area contributed by atoms with E-state index in [-0.39, 0.29) is 34.1 Å². The molecule has 2 aromatic rings. The molecule has 1 aromatic heterocycles. The summed E-state index contributed by atoms with van der Waals surface area (Å²) in [5.41, 5.74) is 0.118. The standard InChI is InChI=1S/C25H39ClN2O4Si/c1-18(14-15-31-33(8,9)25(5,6)7)32-20-12-10-19(11-13-20)17-30-21-16-27-28(24(2,3)4)23(29)22(21)26/h10-13,16,18H,14-15,17H2,1-9H3. The molecule has 184 valence electrons. The van der Waals surface area contributed by atoms with Gasteiger partial charge in [-0.3, -0.25) is 4.79 Å². The van der Waals surface area contributed by atoms with Gasteiger partial charge in [-0.2, -0.15) is 5.10 Å². The van der Waals surface area contributed by atoms with Gasteiger partial charge < -0.3 is 13.9 Å². The van der Waals surface area contributed by atoms with Crippen molar-refractivity contribution in [2.45, 2.75) is 91.3 Å². The molecule has 1 aromatic carbocycles. The molecule has 0 aliphatic heterocycles. The number of halogens is 1. The van der Waals surface area contributed by atoms with Gasteiger partial charge in [0.15, 0.2) is 19.1 Å². The molecule has 1 atom stereocenters. The molecule has 0 spiro atoms. The fourth-order valence-electron chi connectivity index (χ4n) is 2.81. The van der Waals surface area contributed by atoms with E-state index in [1.54, 1.807) is 0 Å². The maximum atomic E-state index is 12.4. The number of hydrogen-bond acceptors (Lipinski definition) is 5. The lowest BCUT2D eigenvalue weighted by Gasteiger charge is -2.36. The van der Waals surface area contributed by atoms with E-state index < -0.39 is 13.9 Å². The molecule has 0 amide bonds. The Labute approximate surface area is 204 Å². The van der Waals surface area contributed by atoms with Crippen molar-refractivity contribution in [2.75, 3.05) is 6.61 Å². The molecule has 0 saturated heterocycles. The fraction of sp³-hybridized carbons (Fsp3) is 0.600. The third-order valence-electron chi connectivity index (χ3n) is 5.97. The van der Waals surface area contributed by atoms with Crippen LogP contribution in [-0.2, 0) is 16.6 Å². The molecule has 0 radical (unpaired) electrons. The van der Waals surface area contributed by atoms with Crippen LogP contribution in [-0.4, -0.2) is 30.8 Å². The Morgan fingerprint density at radius 3 is 2.24 bits per heavy atom. The van der Waals surface area contributed by atoms with Gasteiger partial charge in [0.2, 0.25) is 0 Å². The first-order valence-corrected chi connectivity index (χ1v) is 14.7. The molecule has 8 heteroatoms. The molecular weight excluding hydrogens is 456 g/mol. The van der Waals surface area contributed by atoms with E-state index in [0.717, 1.165) is 17.7 Å². The second-order valence-corrected chi connectivity index (χ2v) is 16.2. The zero-order valence-corrected chi connectivity index (χ0v) is 23.2. The Morgan fingerprint density at radius 2 is 1.70 bits per heavy atom. The van der Waals surface area contributed by atoms with E-state index in [9.17, 15) is 4.79 Å². The van der Waals surface area contributed by atoms with E-state index in [0.29, 0.717) is 6.61 Å². The first-order chi connectivity index (χ1) is 15.1. The van der Waals surface area contributed by atoms with E-state index in [2.05, 4.69) is 45.9 Å². The normalized spacial score (nSPS) is 13.6. The lowest BCUT2D eigenvalue weighted by atomic mass is 10.1. The maximum Gasteiger partial charge on any atom is 0.289 e. The summed E-state index contributed by atoms with van der Waals surface area (Å²) in [4.78, 5) is 12.4. The lowest BCUT2D eigenvalue weighted by molar-refractivity contribution is 0.170. The van der Waals surface area contributed by atoms with Crippen molar-refractivity contribution >= 4 is 19.9 Å². The van der Waals surface area contributed by atoms with Gasteiger partial charge in [0.05, 0.1) is 17.8 Å². The zero-order valence-electron chi connectivity index (χ0n) is 21.5. The van der Waals surface area contributed by atoms with Crippen LogP contribution in [0.2, 0.25) is 23.2 Å². The number of hydrogen-bond donors (Lipinski definition) is 0. The highest BCUT2D eigenvalue weighted by atomic mass is 35.5. The van der Waals surface area contributed by atoms with Gasteiger partial charge in [-0.25, -0.2) is 4.68 Å². The molecule has 0 bridgehead atoms. The molecule has 2 rings (SSSR count). The Bertz CT molecular complexity index is 976. The summed E-state index contributed by atoms with van der Waals surface area (Å²) >= 11 is 6.22. The minimum atomic E-state index is -1.73. The van der Waals surface area contributed by atoms with E-state index in [1.807, 2.05) is 45.0 Å². The highest BCUT2D eigenvalue weighted by Crippen LogP contribution is 2.36. The molecule has 33 heavy (non-hydrogen) atoms. The molecule has 1 unspecified atom stereocenters. The smallest absolute Gasteiger partial charge is 0.289 e. The van der Waals surface area contributed by atoms with Crippen LogP contribution >= 0.6 is 11.6 Å². The summed E-state index contributed by atoms with van der Waals surface area (Å²) < 4.78 is 19.4. The average Bonchev–Trinajstić information content (AvgIpc) is 2.68. The van der Waals surface area contributed by atoms with Gasteiger partial charge in [0.1, 0.15) is 12.4 Å². The van der Waals surface area contributed by atoms with Gasteiger partial charge in [0, 0.05) is 13.0 Å². The summed E-state index contributed by atoms with van der Waals surface area (Å²) in [6.45, 7) is 20.0. The second kappa shape index (κ2) is 10.6. The molecule has 0 fully saturated rings. The minimum absolute atomic E-state index is 0.0358. The third kappa shape index (κ3) is 7.59. The number of benzene rings is 1. The van der Waals surface area contributed by atoms with Gasteiger partial charge >= 0.3 is 0 Å². The monoisotopic (exact) mass is 494 g/mol. The van der Waals surface area contributed by atoms with Crippen LogP contribution < -0.4 is 15.0 Å². The summed E-state index contributed by atoms with van der Waals surface area (Å²) in [7, 11) is -1.73. The SMILES string of the molecule is CC(CCO[Si](C)(C)C(C)(C)C)Oc1ccc(COc2cnn(C(C)(C)C)c(=O)c2Cl)cc1. The molecule has 0 N–H and O–H groups in total. The van der Waals surface area contributed by atoms with E-state index in [4.69, 9.17) is 25.5 Å². The van der Waals surface area contributed by atoms with Crippen LogP contribution in [0.3, 0.4) is 0 Å². The first kappa shape index (κ1) is 27.4. The summed E-state index contributed by atoms with van der Waals surface area (Å²) in [5.74, 6) is 1.07. The Morgan fingerprint density at radius 1 is 1.09 bits per heavy atom. The van der Waals surface area contributed by atoms with E-state index >= 15 is 0 Å². The largest absolute Gasteiger partial charge is 0.491 e. The molecule has 0 aliphatic carbocycles. The van der Waals surface area contributed by atoms with Crippen molar-refractivity contribution in [3.63, 3.8) is 0 Å². The summed E-state index contributed by atoms with van der Waals surface area (Å²) in [5, 5.41) is 4.43. The summed E-state index contributed by atoms with van der Waals surface area (Å²) in [6, 6.07) is 7.71. The molecule has 1 heterocycles. The molecule has 0 saturated carbocycles. The number of rotatable bonds is 9.